The van der Waals surface area contributed by atoms with Crippen LogP contribution < -0.4 is 11.1 Å². The van der Waals surface area contributed by atoms with Crippen molar-refractivity contribution in [3.05, 3.63) is 27.4 Å². The van der Waals surface area contributed by atoms with Crippen molar-refractivity contribution in [2.24, 2.45) is 5.73 Å². The van der Waals surface area contributed by atoms with Crippen molar-refractivity contribution in [2.75, 3.05) is 26.4 Å². The summed E-state index contributed by atoms with van der Waals surface area (Å²) in [5.74, 6) is -2.05. The van der Waals surface area contributed by atoms with E-state index >= 15 is 0 Å². The van der Waals surface area contributed by atoms with Crippen LogP contribution in [-0.2, 0) is 0 Å². The molecule has 1 rings (SSSR count). The predicted octanol–water partition coefficient (Wildman–Crippen LogP) is 0.445. The Morgan fingerprint density at radius 1 is 0.840 bits per heavy atom. The van der Waals surface area contributed by atoms with E-state index in [4.69, 9.17) is 5.73 Å². The van der Waals surface area contributed by atoms with Gasteiger partial charge in [-0.05, 0) is 78.9 Å². The van der Waals surface area contributed by atoms with E-state index in [0.29, 0.717) is 21.8 Å². The monoisotopic (exact) mass is 690 g/mol. The molecule has 8 nitrogen and oxygen atoms in total. The SMILES string of the molecule is NC(=O)NC(=O)c1c(I)c(C(CO)CO)c(I)c(C(CO)CO)c1I. The molecular formula is C14H17I3N2O6. The Morgan fingerprint density at radius 2 is 1.20 bits per heavy atom. The lowest BCUT2D eigenvalue weighted by molar-refractivity contribution is 0.0963. The third kappa shape index (κ3) is 5.13. The van der Waals surface area contributed by atoms with Crippen LogP contribution in [0, 0.1) is 10.7 Å². The first kappa shape index (κ1) is 23.2. The normalized spacial score (nSPS) is 11.2. The molecule has 0 fully saturated rings. The maximum Gasteiger partial charge on any atom is 0.319 e. The van der Waals surface area contributed by atoms with E-state index < -0.39 is 23.8 Å². The number of rotatable bonds is 7. The zero-order valence-electron chi connectivity index (χ0n) is 12.8. The Bertz CT molecular complexity index is 623. The highest BCUT2D eigenvalue weighted by molar-refractivity contribution is 14.1. The molecule has 1 aromatic carbocycles. The number of halogens is 3. The van der Waals surface area contributed by atoms with Crippen molar-refractivity contribution in [3.63, 3.8) is 0 Å². The second-order valence-electron chi connectivity index (χ2n) is 5.09. The van der Waals surface area contributed by atoms with Gasteiger partial charge in [0.1, 0.15) is 0 Å². The molecule has 0 radical (unpaired) electrons. The summed E-state index contributed by atoms with van der Waals surface area (Å²) in [6.07, 6.45) is 0. The number of hydrogen-bond donors (Lipinski definition) is 6. The first-order chi connectivity index (χ1) is 11.7. The van der Waals surface area contributed by atoms with Gasteiger partial charge in [0.2, 0.25) is 0 Å². The molecular weight excluding hydrogens is 673 g/mol. The fourth-order valence-electron chi connectivity index (χ4n) is 2.27. The molecule has 0 unspecified atom stereocenters. The summed E-state index contributed by atoms with van der Waals surface area (Å²) in [4.78, 5) is 23.5. The minimum absolute atomic E-state index is 0.143. The first-order valence-electron chi connectivity index (χ1n) is 6.99. The summed E-state index contributed by atoms with van der Waals surface area (Å²) in [5.41, 5.74) is 6.20. The van der Waals surface area contributed by atoms with Crippen LogP contribution >= 0.6 is 67.8 Å². The van der Waals surface area contributed by atoms with Gasteiger partial charge in [0, 0.05) is 22.5 Å². The number of hydrogen-bond acceptors (Lipinski definition) is 6. The lowest BCUT2D eigenvalue weighted by Crippen LogP contribution is -2.36. The maximum atomic E-state index is 12.4. The molecule has 1 aromatic rings. The molecule has 0 saturated carbocycles. The Hall–Kier alpha value is 0.190. The van der Waals surface area contributed by atoms with Gasteiger partial charge in [-0.2, -0.15) is 0 Å². The van der Waals surface area contributed by atoms with E-state index in [1.807, 2.05) is 73.1 Å². The second-order valence-corrected chi connectivity index (χ2v) is 8.32. The molecule has 0 spiro atoms. The lowest BCUT2D eigenvalue weighted by atomic mass is 9.91. The number of nitrogens with one attached hydrogen (secondary N) is 1. The molecule has 0 aliphatic rings. The number of benzene rings is 1. The van der Waals surface area contributed by atoms with E-state index in [1.54, 1.807) is 0 Å². The first-order valence-corrected chi connectivity index (χ1v) is 10.2. The number of nitrogens with two attached hydrogens (primary N) is 1. The molecule has 0 saturated heterocycles. The molecule has 0 bridgehead atoms. The van der Waals surface area contributed by atoms with E-state index in [0.717, 1.165) is 0 Å². The summed E-state index contributed by atoms with van der Waals surface area (Å²) < 4.78 is 1.54. The summed E-state index contributed by atoms with van der Waals surface area (Å²) in [6, 6.07) is -1.01. The van der Waals surface area contributed by atoms with Crippen molar-refractivity contribution >= 4 is 79.7 Å². The Labute approximate surface area is 185 Å². The Balaban J connectivity index is 3.82. The van der Waals surface area contributed by atoms with Gasteiger partial charge in [0.25, 0.3) is 5.91 Å². The molecule has 0 atom stereocenters. The largest absolute Gasteiger partial charge is 0.396 e. The third-order valence-corrected chi connectivity index (χ3v) is 6.95. The fraction of sp³-hybridized carbons (Fsp3) is 0.429. The third-order valence-electron chi connectivity index (χ3n) is 3.55. The molecule has 7 N–H and O–H groups in total. The summed E-state index contributed by atoms with van der Waals surface area (Å²) in [7, 11) is 0. The van der Waals surface area contributed by atoms with Crippen LogP contribution in [0.2, 0.25) is 0 Å². The number of primary amides is 1. The summed E-state index contributed by atoms with van der Waals surface area (Å²) >= 11 is 5.83. The molecule has 0 aromatic heterocycles. The Morgan fingerprint density at radius 3 is 1.48 bits per heavy atom. The zero-order valence-corrected chi connectivity index (χ0v) is 19.3. The zero-order chi connectivity index (χ0) is 19.3. The van der Waals surface area contributed by atoms with Crippen molar-refractivity contribution in [3.8, 4) is 0 Å². The highest BCUT2D eigenvalue weighted by atomic mass is 127. The van der Waals surface area contributed by atoms with Gasteiger partial charge in [0.15, 0.2) is 0 Å². The molecule has 0 aliphatic carbocycles. The minimum Gasteiger partial charge on any atom is -0.396 e. The average Bonchev–Trinajstić information content (AvgIpc) is 2.54. The van der Waals surface area contributed by atoms with Gasteiger partial charge in [-0.1, -0.05) is 0 Å². The van der Waals surface area contributed by atoms with Crippen LogP contribution in [0.15, 0.2) is 0 Å². The van der Waals surface area contributed by atoms with Crippen LogP contribution in [0.1, 0.15) is 33.3 Å². The van der Waals surface area contributed by atoms with Crippen LogP contribution in [-0.4, -0.2) is 58.8 Å². The molecule has 11 heteroatoms. The van der Waals surface area contributed by atoms with Gasteiger partial charge >= 0.3 is 6.03 Å². The predicted molar refractivity (Wildman–Crippen MR) is 115 cm³/mol. The van der Waals surface area contributed by atoms with Gasteiger partial charge < -0.3 is 26.2 Å². The van der Waals surface area contributed by atoms with Gasteiger partial charge in [-0.15, -0.1) is 0 Å². The number of aliphatic hydroxyl groups is 4. The second kappa shape index (κ2) is 10.5. The lowest BCUT2D eigenvalue weighted by Gasteiger charge is -2.25. The quantitative estimate of drug-likeness (QED) is 0.229. The van der Waals surface area contributed by atoms with Crippen LogP contribution in [0.5, 0.6) is 0 Å². The molecule has 3 amide bonds. The van der Waals surface area contributed by atoms with Crippen molar-refractivity contribution < 1.29 is 30.0 Å². The molecule has 25 heavy (non-hydrogen) atoms. The molecule has 0 aliphatic heterocycles. The van der Waals surface area contributed by atoms with E-state index in [2.05, 4.69) is 0 Å². The van der Waals surface area contributed by atoms with Crippen LogP contribution in [0.4, 0.5) is 4.79 Å². The Kier molecular flexibility index (Phi) is 9.76. The fourth-order valence-corrected chi connectivity index (χ4v) is 7.69. The van der Waals surface area contributed by atoms with Gasteiger partial charge in [0.05, 0.1) is 32.0 Å². The number of amides is 3. The maximum absolute atomic E-state index is 12.4. The van der Waals surface area contributed by atoms with Crippen molar-refractivity contribution in [2.45, 2.75) is 11.8 Å². The number of carbonyl (C=O) groups is 2. The van der Waals surface area contributed by atoms with E-state index in [1.165, 1.54) is 0 Å². The summed E-state index contributed by atoms with van der Waals surface area (Å²) in [5, 5.41) is 40.3. The number of aliphatic hydroxyl groups excluding tert-OH is 4. The van der Waals surface area contributed by atoms with Crippen molar-refractivity contribution in [1.82, 2.24) is 5.32 Å². The highest BCUT2D eigenvalue weighted by Gasteiger charge is 2.30. The number of urea groups is 1. The van der Waals surface area contributed by atoms with Gasteiger partial charge in [-0.25, -0.2) is 4.79 Å². The number of imide groups is 1. The topological polar surface area (TPSA) is 153 Å². The van der Waals surface area contributed by atoms with Gasteiger partial charge in [-0.3, -0.25) is 10.1 Å². The number of carbonyl (C=O) groups excluding carboxylic acids is 2. The van der Waals surface area contributed by atoms with Crippen LogP contribution in [0.3, 0.4) is 0 Å². The summed E-state index contributed by atoms with van der Waals surface area (Å²) in [6.45, 7) is -1.44. The van der Waals surface area contributed by atoms with Crippen molar-refractivity contribution in [1.29, 1.82) is 0 Å². The standard InChI is InChI=1S/C14H17I3N2O6/c15-10-7(5(1-20)2-21)11(16)9(13(24)19-14(18)25)12(17)8(10)6(3-22)4-23/h5-6,20-23H,1-4H2,(H3,18,19,24,25). The molecule has 0 heterocycles. The minimum atomic E-state index is -1.01. The average molecular weight is 690 g/mol. The molecule has 140 valence electrons. The highest BCUT2D eigenvalue weighted by Crippen LogP contribution is 2.39. The smallest absolute Gasteiger partial charge is 0.319 e. The van der Waals surface area contributed by atoms with Crippen LogP contribution in [0.25, 0.3) is 0 Å². The van der Waals surface area contributed by atoms with E-state index in [-0.39, 0.29) is 32.0 Å². The van der Waals surface area contributed by atoms with E-state index in [9.17, 15) is 30.0 Å².